The maximum absolute atomic E-state index is 11.7. The zero-order valence-electron chi connectivity index (χ0n) is 13.0. The van der Waals surface area contributed by atoms with Crippen LogP contribution in [-0.4, -0.2) is 31.1 Å². The van der Waals surface area contributed by atoms with Gasteiger partial charge in [-0.3, -0.25) is 9.59 Å². The summed E-state index contributed by atoms with van der Waals surface area (Å²) >= 11 is 0. The molecule has 0 saturated heterocycles. The molecule has 2 aliphatic carbocycles. The lowest BCUT2D eigenvalue weighted by molar-refractivity contribution is -0.147. The first-order valence-corrected chi connectivity index (χ1v) is 7.60. The summed E-state index contributed by atoms with van der Waals surface area (Å²) in [5, 5.41) is 0. The summed E-state index contributed by atoms with van der Waals surface area (Å²) in [6.45, 7) is 8.98. The highest BCUT2D eigenvalue weighted by molar-refractivity contribution is 5.96. The first-order chi connectivity index (χ1) is 9.31. The zero-order valence-corrected chi connectivity index (χ0v) is 13.0. The fraction of sp³-hybridized carbons (Fsp3) is 0.875. The van der Waals surface area contributed by atoms with Gasteiger partial charge in [0.1, 0.15) is 13.0 Å². The predicted molar refractivity (Wildman–Crippen MR) is 75.2 cm³/mol. The van der Waals surface area contributed by atoms with E-state index in [4.69, 9.17) is 9.47 Å². The van der Waals surface area contributed by atoms with E-state index in [9.17, 15) is 9.59 Å². The molecule has 0 aliphatic heterocycles. The minimum absolute atomic E-state index is 0.0296. The van der Waals surface area contributed by atoms with E-state index >= 15 is 0 Å². The summed E-state index contributed by atoms with van der Waals surface area (Å²) < 4.78 is 10.6. The highest BCUT2D eigenvalue weighted by Gasteiger charge is 2.61. The molecular formula is C16H26O4. The number of esters is 1. The van der Waals surface area contributed by atoms with Crippen LogP contribution in [-0.2, 0) is 19.1 Å². The van der Waals surface area contributed by atoms with Crippen LogP contribution in [0.4, 0.5) is 0 Å². The number of hydrogen-bond acceptors (Lipinski definition) is 4. The highest BCUT2D eigenvalue weighted by Crippen LogP contribution is 2.66. The van der Waals surface area contributed by atoms with Crippen LogP contribution < -0.4 is 0 Å². The molecule has 114 valence electrons. The van der Waals surface area contributed by atoms with Crippen LogP contribution in [0.3, 0.4) is 0 Å². The average molecular weight is 282 g/mol. The SMILES string of the molecule is CCOC(=O)CC(=O)COC1CC2CCC1(C)C2(C)C. The summed E-state index contributed by atoms with van der Waals surface area (Å²) in [4.78, 5) is 23.0. The van der Waals surface area contributed by atoms with Crippen LogP contribution in [0.2, 0.25) is 0 Å². The summed E-state index contributed by atoms with van der Waals surface area (Å²) in [5.41, 5.74) is 0.434. The number of ketones is 1. The van der Waals surface area contributed by atoms with Gasteiger partial charge in [-0.25, -0.2) is 0 Å². The average Bonchev–Trinajstić information content (AvgIpc) is 2.69. The van der Waals surface area contributed by atoms with Gasteiger partial charge in [0, 0.05) is 0 Å². The molecule has 0 N–H and O–H groups in total. The van der Waals surface area contributed by atoms with E-state index in [2.05, 4.69) is 20.8 Å². The van der Waals surface area contributed by atoms with Gasteiger partial charge in [0.15, 0.2) is 5.78 Å². The Morgan fingerprint density at radius 1 is 1.25 bits per heavy atom. The Kier molecular flexibility index (Phi) is 4.24. The molecule has 0 radical (unpaired) electrons. The summed E-state index contributed by atoms with van der Waals surface area (Å²) in [5.74, 6) is 0.0471. The molecule has 0 aromatic carbocycles. The molecular weight excluding hydrogens is 256 g/mol. The zero-order chi connectivity index (χ0) is 15.0. The van der Waals surface area contributed by atoms with Crippen LogP contribution in [0.1, 0.15) is 53.4 Å². The molecule has 0 aromatic rings. The lowest BCUT2D eigenvalue weighted by Crippen LogP contribution is -2.38. The number of carbonyl (C=O) groups is 2. The second-order valence-electron chi connectivity index (χ2n) is 6.93. The molecule has 4 nitrogen and oxygen atoms in total. The second kappa shape index (κ2) is 5.47. The van der Waals surface area contributed by atoms with E-state index < -0.39 is 5.97 Å². The van der Waals surface area contributed by atoms with Gasteiger partial charge in [0.05, 0.1) is 12.7 Å². The van der Waals surface area contributed by atoms with Crippen molar-refractivity contribution in [2.24, 2.45) is 16.7 Å². The maximum Gasteiger partial charge on any atom is 0.313 e. The standard InChI is InChI=1S/C16H26O4/c1-5-19-14(18)9-12(17)10-20-13-8-11-6-7-16(13,4)15(11,2)3/h11,13H,5-10H2,1-4H3. The van der Waals surface area contributed by atoms with Crippen molar-refractivity contribution < 1.29 is 19.1 Å². The van der Waals surface area contributed by atoms with Crippen LogP contribution in [0.25, 0.3) is 0 Å². The van der Waals surface area contributed by atoms with Crippen molar-refractivity contribution in [2.75, 3.05) is 13.2 Å². The van der Waals surface area contributed by atoms with Crippen molar-refractivity contribution in [3.8, 4) is 0 Å². The third-order valence-corrected chi connectivity index (χ3v) is 5.81. The molecule has 2 aliphatic rings. The van der Waals surface area contributed by atoms with Crippen LogP contribution in [0.5, 0.6) is 0 Å². The van der Waals surface area contributed by atoms with Crippen molar-refractivity contribution >= 4 is 11.8 Å². The Bertz CT molecular complexity index is 401. The molecule has 2 bridgehead atoms. The number of ether oxygens (including phenoxy) is 2. The Hall–Kier alpha value is -0.900. The third kappa shape index (κ3) is 2.50. The molecule has 4 heteroatoms. The van der Waals surface area contributed by atoms with E-state index in [-0.39, 0.29) is 35.7 Å². The molecule has 0 aromatic heterocycles. The highest BCUT2D eigenvalue weighted by atomic mass is 16.5. The predicted octanol–water partition coefficient (Wildman–Crippen LogP) is 2.74. The van der Waals surface area contributed by atoms with Crippen molar-refractivity contribution in [1.82, 2.24) is 0 Å². The third-order valence-electron chi connectivity index (χ3n) is 5.81. The molecule has 3 atom stereocenters. The Balaban J connectivity index is 1.84. The van der Waals surface area contributed by atoms with E-state index in [0.717, 1.165) is 6.42 Å². The summed E-state index contributed by atoms with van der Waals surface area (Å²) in [6.07, 6.45) is 3.43. The first kappa shape index (κ1) is 15.5. The number of hydrogen-bond donors (Lipinski definition) is 0. The topological polar surface area (TPSA) is 52.6 Å². The molecule has 0 amide bonds. The lowest BCUT2D eigenvalue weighted by Gasteiger charge is -2.38. The monoisotopic (exact) mass is 282 g/mol. The van der Waals surface area contributed by atoms with E-state index in [1.54, 1.807) is 6.92 Å². The fourth-order valence-electron chi connectivity index (χ4n) is 4.00. The molecule has 20 heavy (non-hydrogen) atoms. The van der Waals surface area contributed by atoms with Gasteiger partial charge in [-0.2, -0.15) is 0 Å². The molecule has 2 rings (SSSR count). The molecule has 3 unspecified atom stereocenters. The minimum Gasteiger partial charge on any atom is -0.466 e. The van der Waals surface area contributed by atoms with E-state index in [1.165, 1.54) is 12.8 Å². The second-order valence-corrected chi connectivity index (χ2v) is 6.93. The van der Waals surface area contributed by atoms with Gasteiger partial charge < -0.3 is 9.47 Å². The smallest absolute Gasteiger partial charge is 0.313 e. The molecule has 2 fully saturated rings. The number of fused-ring (bicyclic) bond motifs is 2. The first-order valence-electron chi connectivity index (χ1n) is 7.60. The van der Waals surface area contributed by atoms with Gasteiger partial charge in [0.2, 0.25) is 0 Å². The van der Waals surface area contributed by atoms with Gasteiger partial charge in [-0.05, 0) is 42.9 Å². The van der Waals surface area contributed by atoms with E-state index in [0.29, 0.717) is 12.5 Å². The van der Waals surface area contributed by atoms with Crippen LogP contribution in [0.15, 0.2) is 0 Å². The number of rotatable bonds is 6. The van der Waals surface area contributed by atoms with Crippen molar-refractivity contribution in [3.05, 3.63) is 0 Å². The maximum atomic E-state index is 11.7. The minimum atomic E-state index is -0.458. The Morgan fingerprint density at radius 3 is 2.45 bits per heavy atom. The van der Waals surface area contributed by atoms with Gasteiger partial charge >= 0.3 is 5.97 Å². The molecule has 0 heterocycles. The normalized spacial score (nSPS) is 34.2. The number of carbonyl (C=O) groups excluding carboxylic acids is 2. The Labute approximate surface area is 121 Å². The Morgan fingerprint density at radius 2 is 1.95 bits per heavy atom. The van der Waals surface area contributed by atoms with Crippen LogP contribution >= 0.6 is 0 Å². The number of Topliss-reactive ketones (excluding diaryl/α,β-unsaturated/α-hetero) is 1. The fourth-order valence-corrected chi connectivity index (χ4v) is 4.00. The lowest BCUT2D eigenvalue weighted by atomic mass is 9.70. The van der Waals surface area contributed by atoms with Gasteiger partial charge in [-0.1, -0.05) is 20.8 Å². The van der Waals surface area contributed by atoms with Crippen molar-refractivity contribution in [2.45, 2.75) is 59.5 Å². The van der Waals surface area contributed by atoms with Crippen LogP contribution in [0, 0.1) is 16.7 Å². The van der Waals surface area contributed by atoms with E-state index in [1.807, 2.05) is 0 Å². The van der Waals surface area contributed by atoms with Crippen molar-refractivity contribution in [1.29, 1.82) is 0 Å². The molecule has 2 saturated carbocycles. The van der Waals surface area contributed by atoms with Gasteiger partial charge in [-0.15, -0.1) is 0 Å². The summed E-state index contributed by atoms with van der Waals surface area (Å²) in [6, 6.07) is 0. The van der Waals surface area contributed by atoms with Crippen molar-refractivity contribution in [3.63, 3.8) is 0 Å². The van der Waals surface area contributed by atoms with Gasteiger partial charge in [0.25, 0.3) is 0 Å². The summed E-state index contributed by atoms with van der Waals surface area (Å²) in [7, 11) is 0. The molecule has 0 spiro atoms. The largest absolute Gasteiger partial charge is 0.466 e. The quantitative estimate of drug-likeness (QED) is 0.555.